The molecule has 0 fully saturated rings. The first-order valence-corrected chi connectivity index (χ1v) is 9.20. The molecule has 1 heterocycles. The smallest absolute Gasteiger partial charge is 0.212 e. The van der Waals surface area contributed by atoms with E-state index in [2.05, 4.69) is 10.3 Å². The average Bonchev–Trinajstić information content (AvgIpc) is 2.99. The Balaban J connectivity index is 2.16. The van der Waals surface area contributed by atoms with Crippen LogP contribution < -0.4 is 0 Å². The van der Waals surface area contributed by atoms with E-state index in [0.29, 0.717) is 16.6 Å². The molecular formula is C16H18N4O3S. The van der Waals surface area contributed by atoms with Gasteiger partial charge in [0.15, 0.2) is 0 Å². The van der Waals surface area contributed by atoms with Crippen molar-refractivity contribution in [3.63, 3.8) is 0 Å². The number of hydrogen-bond donors (Lipinski definition) is 1. The Morgan fingerprint density at radius 2 is 1.71 bits per heavy atom. The summed E-state index contributed by atoms with van der Waals surface area (Å²) in [6, 6.07) is 16.1. The number of hydrogen-bond acceptors (Lipinski definition) is 5. The van der Waals surface area contributed by atoms with Crippen molar-refractivity contribution in [1.29, 1.82) is 0 Å². The van der Waals surface area contributed by atoms with Crippen LogP contribution in [-0.2, 0) is 10.0 Å². The van der Waals surface area contributed by atoms with Gasteiger partial charge in [-0.15, -0.1) is 5.10 Å². The molecule has 0 bridgehead atoms. The van der Waals surface area contributed by atoms with E-state index in [9.17, 15) is 13.5 Å². The number of para-hydroxylation sites is 1. The molecule has 1 N–H and O–H groups in total. The Morgan fingerprint density at radius 3 is 2.38 bits per heavy atom. The van der Waals surface area contributed by atoms with Crippen molar-refractivity contribution in [2.45, 2.75) is 12.3 Å². The molecule has 2 aromatic carbocycles. The van der Waals surface area contributed by atoms with Crippen molar-refractivity contribution in [3.8, 4) is 0 Å². The zero-order chi connectivity index (χ0) is 17.3. The second-order valence-electron chi connectivity index (χ2n) is 5.57. The molecular weight excluding hydrogens is 328 g/mol. The summed E-state index contributed by atoms with van der Waals surface area (Å²) in [7, 11) is -2.15. The lowest BCUT2D eigenvalue weighted by Crippen LogP contribution is -2.38. The highest BCUT2D eigenvalue weighted by molar-refractivity contribution is 7.88. The third-order valence-corrected chi connectivity index (χ3v) is 5.21. The molecule has 0 radical (unpaired) electrons. The Labute approximate surface area is 140 Å². The van der Waals surface area contributed by atoms with Gasteiger partial charge in [-0.1, -0.05) is 47.7 Å². The van der Waals surface area contributed by atoms with Gasteiger partial charge in [0.1, 0.15) is 17.8 Å². The number of sulfonamides is 1. The lowest BCUT2D eigenvalue weighted by molar-refractivity contribution is 0.0527. The minimum absolute atomic E-state index is 0.595. The summed E-state index contributed by atoms with van der Waals surface area (Å²) in [5.74, 6) is 0. The first kappa shape index (κ1) is 16.6. The van der Waals surface area contributed by atoms with Crippen molar-refractivity contribution < 1.29 is 13.5 Å². The molecule has 0 aliphatic rings. The summed E-state index contributed by atoms with van der Waals surface area (Å²) in [5, 5.41) is 19.0. The molecule has 2 unspecified atom stereocenters. The van der Waals surface area contributed by atoms with E-state index in [1.807, 2.05) is 18.2 Å². The molecule has 3 rings (SSSR count). The molecule has 3 aromatic rings. The van der Waals surface area contributed by atoms with Gasteiger partial charge in [0.2, 0.25) is 10.0 Å². The van der Waals surface area contributed by atoms with Gasteiger partial charge in [0.05, 0.1) is 11.8 Å². The third kappa shape index (κ3) is 3.03. The summed E-state index contributed by atoms with van der Waals surface area (Å²) >= 11 is 0. The highest BCUT2D eigenvalue weighted by Gasteiger charge is 2.33. The predicted octanol–water partition coefficient (Wildman–Crippen LogP) is 1.55. The molecule has 0 spiro atoms. The maximum Gasteiger partial charge on any atom is 0.212 e. The zero-order valence-electron chi connectivity index (χ0n) is 13.3. The molecule has 126 valence electrons. The number of aliphatic hydroxyl groups is 1. The van der Waals surface area contributed by atoms with Crippen LogP contribution >= 0.6 is 0 Å². The van der Waals surface area contributed by atoms with Crippen molar-refractivity contribution in [3.05, 3.63) is 60.2 Å². The SMILES string of the molecule is CN(C(C(O)c1ccccc1)n1nnc2ccccc21)S(C)(=O)=O. The van der Waals surface area contributed by atoms with Crippen LogP contribution in [-0.4, -0.2) is 46.1 Å². The first-order valence-electron chi connectivity index (χ1n) is 7.35. The Morgan fingerprint density at radius 1 is 1.08 bits per heavy atom. The van der Waals surface area contributed by atoms with E-state index in [4.69, 9.17) is 0 Å². The monoisotopic (exact) mass is 346 g/mol. The van der Waals surface area contributed by atoms with Crippen LogP contribution in [0.15, 0.2) is 54.6 Å². The predicted molar refractivity (Wildman–Crippen MR) is 90.6 cm³/mol. The van der Waals surface area contributed by atoms with Crippen LogP contribution in [0.4, 0.5) is 0 Å². The van der Waals surface area contributed by atoms with Crippen LogP contribution in [0.1, 0.15) is 17.8 Å². The lowest BCUT2D eigenvalue weighted by atomic mass is 10.1. The Bertz CT molecular complexity index is 940. The Kier molecular flexibility index (Phi) is 4.35. The van der Waals surface area contributed by atoms with Gasteiger partial charge in [-0.2, -0.15) is 4.31 Å². The van der Waals surface area contributed by atoms with Crippen molar-refractivity contribution in [2.24, 2.45) is 0 Å². The number of benzene rings is 2. The van der Waals surface area contributed by atoms with E-state index >= 15 is 0 Å². The van der Waals surface area contributed by atoms with E-state index < -0.39 is 22.3 Å². The quantitative estimate of drug-likeness (QED) is 0.757. The van der Waals surface area contributed by atoms with Crippen LogP contribution in [0.5, 0.6) is 0 Å². The third-order valence-electron chi connectivity index (χ3n) is 3.95. The highest BCUT2D eigenvalue weighted by Crippen LogP contribution is 2.31. The van der Waals surface area contributed by atoms with Gasteiger partial charge in [0, 0.05) is 7.05 Å². The van der Waals surface area contributed by atoms with E-state index in [1.54, 1.807) is 36.4 Å². The van der Waals surface area contributed by atoms with Gasteiger partial charge in [-0.3, -0.25) is 0 Å². The average molecular weight is 346 g/mol. The number of likely N-dealkylation sites (N-methyl/N-ethyl adjacent to an activating group) is 1. The normalized spacial score (nSPS) is 14.8. The topological polar surface area (TPSA) is 88.3 Å². The molecule has 0 saturated heterocycles. The van der Waals surface area contributed by atoms with Gasteiger partial charge in [0.25, 0.3) is 0 Å². The first-order chi connectivity index (χ1) is 11.4. The minimum Gasteiger partial charge on any atom is -0.385 e. The molecule has 0 aliphatic carbocycles. The van der Waals surface area contributed by atoms with Crippen molar-refractivity contribution >= 4 is 21.1 Å². The number of nitrogens with zero attached hydrogens (tertiary/aromatic N) is 4. The Hall–Kier alpha value is -2.29. The summed E-state index contributed by atoms with van der Waals surface area (Å²) in [6.07, 6.45) is -0.956. The maximum atomic E-state index is 12.1. The van der Waals surface area contributed by atoms with Crippen LogP contribution in [0, 0.1) is 0 Å². The lowest BCUT2D eigenvalue weighted by Gasteiger charge is -2.30. The molecule has 2 atom stereocenters. The second-order valence-corrected chi connectivity index (χ2v) is 7.61. The highest BCUT2D eigenvalue weighted by atomic mass is 32.2. The molecule has 7 nitrogen and oxygen atoms in total. The molecule has 0 aliphatic heterocycles. The minimum atomic E-state index is -3.57. The molecule has 1 aromatic heterocycles. The zero-order valence-corrected chi connectivity index (χ0v) is 14.1. The summed E-state index contributed by atoms with van der Waals surface area (Å²) < 4.78 is 26.7. The molecule has 0 amide bonds. The standard InChI is InChI=1S/C16H18N4O3S/c1-19(24(2,22)23)16(15(21)12-8-4-3-5-9-12)20-14-11-7-6-10-13(14)17-18-20/h3-11,15-16,21H,1-2H3. The molecule has 8 heteroatoms. The van der Waals surface area contributed by atoms with Crippen LogP contribution in [0.3, 0.4) is 0 Å². The fraction of sp³-hybridized carbons (Fsp3) is 0.250. The molecule has 0 saturated carbocycles. The summed E-state index contributed by atoms with van der Waals surface area (Å²) in [6.45, 7) is 0. The number of fused-ring (bicyclic) bond motifs is 1. The number of aromatic nitrogens is 3. The maximum absolute atomic E-state index is 12.1. The summed E-state index contributed by atoms with van der Waals surface area (Å²) in [4.78, 5) is 0. The number of aliphatic hydroxyl groups excluding tert-OH is 1. The van der Waals surface area contributed by atoms with Crippen molar-refractivity contribution in [2.75, 3.05) is 13.3 Å². The fourth-order valence-electron chi connectivity index (χ4n) is 2.59. The van der Waals surface area contributed by atoms with Gasteiger partial charge in [-0.05, 0) is 17.7 Å². The summed E-state index contributed by atoms with van der Waals surface area (Å²) in [5.41, 5.74) is 1.87. The largest absolute Gasteiger partial charge is 0.385 e. The van der Waals surface area contributed by atoms with Gasteiger partial charge in [-0.25, -0.2) is 13.1 Å². The van der Waals surface area contributed by atoms with E-state index in [-0.39, 0.29) is 0 Å². The van der Waals surface area contributed by atoms with E-state index in [1.165, 1.54) is 11.7 Å². The van der Waals surface area contributed by atoms with Crippen LogP contribution in [0.2, 0.25) is 0 Å². The number of rotatable bonds is 5. The van der Waals surface area contributed by atoms with Gasteiger partial charge >= 0.3 is 0 Å². The molecule has 24 heavy (non-hydrogen) atoms. The fourth-order valence-corrected chi connectivity index (χ4v) is 3.18. The second kappa shape index (κ2) is 6.31. The van der Waals surface area contributed by atoms with Crippen LogP contribution in [0.25, 0.3) is 11.0 Å². The van der Waals surface area contributed by atoms with Crippen molar-refractivity contribution in [1.82, 2.24) is 19.3 Å². The van der Waals surface area contributed by atoms with Gasteiger partial charge < -0.3 is 5.11 Å². The van der Waals surface area contributed by atoms with E-state index in [0.717, 1.165) is 10.6 Å².